The number of anilines is 2. The van der Waals surface area contributed by atoms with Crippen LogP contribution in [0.1, 0.15) is 11.3 Å². The van der Waals surface area contributed by atoms with Crippen LogP contribution in [0.3, 0.4) is 0 Å². The zero-order valence-corrected chi connectivity index (χ0v) is 13.9. The van der Waals surface area contributed by atoms with Crippen LogP contribution in [-0.4, -0.2) is 22.4 Å². The normalized spacial score (nSPS) is 12.9. The number of hydrogen-bond donors (Lipinski definition) is 1. The number of nitrogens with one attached hydrogen (secondary N) is 1. The van der Waals surface area contributed by atoms with Crippen molar-refractivity contribution in [2.75, 3.05) is 16.8 Å². The lowest BCUT2D eigenvalue weighted by atomic mass is 10.1. The molecule has 6 heteroatoms. The Kier molecular flexibility index (Phi) is 4.04. The van der Waals surface area contributed by atoms with E-state index in [9.17, 15) is 4.79 Å². The van der Waals surface area contributed by atoms with Crippen molar-refractivity contribution in [3.63, 3.8) is 0 Å². The van der Waals surface area contributed by atoms with Gasteiger partial charge in [0.05, 0.1) is 18.8 Å². The lowest BCUT2D eigenvalue weighted by Gasteiger charge is -2.30. The predicted molar refractivity (Wildman–Crippen MR) is 98.3 cm³/mol. The number of rotatable bonds is 3. The third-order valence-electron chi connectivity index (χ3n) is 4.26. The van der Waals surface area contributed by atoms with Crippen LogP contribution in [0, 0.1) is 11.3 Å². The second kappa shape index (κ2) is 6.65. The number of nitrogens with zero attached hydrogens (tertiary/aromatic N) is 4. The molecular formula is C20H15N5O. The minimum Gasteiger partial charge on any atom is -0.359 e. The second-order valence-corrected chi connectivity index (χ2v) is 5.95. The maximum absolute atomic E-state index is 12.5. The number of aromatic nitrogens is 2. The number of benzene rings is 1. The van der Waals surface area contributed by atoms with Crippen molar-refractivity contribution in [2.24, 2.45) is 0 Å². The van der Waals surface area contributed by atoms with Gasteiger partial charge in [0.2, 0.25) is 5.91 Å². The number of carbonyl (C=O) groups is 1. The van der Waals surface area contributed by atoms with Crippen LogP contribution in [0.15, 0.2) is 60.9 Å². The lowest BCUT2D eigenvalue weighted by molar-refractivity contribution is -0.117. The lowest BCUT2D eigenvalue weighted by Crippen LogP contribution is -2.39. The smallest absolute Gasteiger partial charge is 0.246 e. The van der Waals surface area contributed by atoms with Crippen LogP contribution >= 0.6 is 0 Å². The molecule has 0 atom stereocenters. The summed E-state index contributed by atoms with van der Waals surface area (Å²) in [4.78, 5) is 22.8. The van der Waals surface area contributed by atoms with E-state index >= 15 is 0 Å². The number of pyridine rings is 2. The molecule has 4 rings (SSSR count). The van der Waals surface area contributed by atoms with E-state index in [1.165, 1.54) is 0 Å². The first kappa shape index (κ1) is 15.8. The Hall–Kier alpha value is -3.72. The van der Waals surface area contributed by atoms with Crippen molar-refractivity contribution < 1.29 is 4.79 Å². The molecule has 0 spiro atoms. The molecule has 0 unspecified atom stereocenters. The highest BCUT2D eigenvalue weighted by Gasteiger charge is 2.25. The zero-order valence-electron chi connectivity index (χ0n) is 13.9. The van der Waals surface area contributed by atoms with Crippen LogP contribution in [0.5, 0.6) is 0 Å². The van der Waals surface area contributed by atoms with Gasteiger partial charge in [-0.3, -0.25) is 4.79 Å². The molecule has 1 aromatic carbocycles. The van der Waals surface area contributed by atoms with Crippen molar-refractivity contribution in [3.8, 4) is 17.2 Å². The van der Waals surface area contributed by atoms with Gasteiger partial charge in [0.25, 0.3) is 0 Å². The van der Waals surface area contributed by atoms with Crippen LogP contribution in [0.4, 0.5) is 11.5 Å². The highest BCUT2D eigenvalue weighted by molar-refractivity contribution is 6.02. The summed E-state index contributed by atoms with van der Waals surface area (Å²) in [6.07, 6.45) is 3.38. The second-order valence-electron chi connectivity index (χ2n) is 5.95. The predicted octanol–water partition coefficient (Wildman–Crippen LogP) is 2.97. The third-order valence-corrected chi connectivity index (χ3v) is 4.26. The molecule has 2 aromatic heterocycles. The molecule has 6 nitrogen and oxygen atoms in total. The largest absolute Gasteiger partial charge is 0.359 e. The molecular weight excluding hydrogens is 326 g/mol. The van der Waals surface area contributed by atoms with Gasteiger partial charge in [0.1, 0.15) is 11.8 Å². The van der Waals surface area contributed by atoms with Gasteiger partial charge in [-0.25, -0.2) is 9.97 Å². The number of nitriles is 1. The van der Waals surface area contributed by atoms with Gasteiger partial charge in [-0.15, -0.1) is 0 Å². The summed E-state index contributed by atoms with van der Waals surface area (Å²) in [6.45, 7) is 0.718. The summed E-state index contributed by atoms with van der Waals surface area (Å²) in [6, 6.07) is 17.3. The fraction of sp³-hybridized carbons (Fsp3) is 0.100. The minimum absolute atomic E-state index is 0.00161. The van der Waals surface area contributed by atoms with Gasteiger partial charge in [-0.1, -0.05) is 30.3 Å². The quantitative estimate of drug-likeness (QED) is 0.792. The van der Waals surface area contributed by atoms with Crippen molar-refractivity contribution in [1.29, 1.82) is 5.26 Å². The van der Waals surface area contributed by atoms with Gasteiger partial charge in [-0.05, 0) is 23.8 Å². The molecule has 1 amide bonds. The molecule has 1 aliphatic heterocycles. The van der Waals surface area contributed by atoms with Crippen LogP contribution in [-0.2, 0) is 11.3 Å². The minimum atomic E-state index is -0.00161. The van der Waals surface area contributed by atoms with Gasteiger partial charge >= 0.3 is 0 Å². The van der Waals surface area contributed by atoms with Gasteiger partial charge in [-0.2, -0.15) is 5.26 Å². The maximum Gasteiger partial charge on any atom is 0.246 e. The standard InChI is InChI=1S/C20H15N5O/c21-9-17-7-6-15(10-22-17)16-8-18-20(23-11-16)24-12-19(26)25(18)13-14-4-2-1-3-5-14/h1-8,10-11H,12-13H2,(H,23,24). The Morgan fingerprint density at radius 1 is 1.08 bits per heavy atom. The molecule has 26 heavy (non-hydrogen) atoms. The Bertz CT molecular complexity index is 993. The Morgan fingerprint density at radius 2 is 1.88 bits per heavy atom. The summed E-state index contributed by atoms with van der Waals surface area (Å²) in [7, 11) is 0. The average Bonchev–Trinajstić information content (AvgIpc) is 2.71. The molecule has 0 radical (unpaired) electrons. The summed E-state index contributed by atoms with van der Waals surface area (Å²) >= 11 is 0. The number of carbonyl (C=O) groups excluding carboxylic acids is 1. The molecule has 1 N–H and O–H groups in total. The van der Waals surface area contributed by atoms with Gasteiger partial charge < -0.3 is 10.2 Å². The van der Waals surface area contributed by atoms with E-state index < -0.39 is 0 Å². The molecule has 0 bridgehead atoms. The molecule has 3 heterocycles. The van der Waals surface area contributed by atoms with E-state index in [4.69, 9.17) is 5.26 Å². The van der Waals surface area contributed by atoms with E-state index in [0.29, 0.717) is 18.1 Å². The monoisotopic (exact) mass is 341 g/mol. The zero-order chi connectivity index (χ0) is 17.9. The molecule has 126 valence electrons. The Balaban J connectivity index is 1.72. The van der Waals surface area contributed by atoms with Crippen molar-refractivity contribution in [2.45, 2.75) is 6.54 Å². The molecule has 1 aliphatic rings. The number of hydrogen-bond acceptors (Lipinski definition) is 5. The summed E-state index contributed by atoms with van der Waals surface area (Å²) in [5, 5.41) is 11.9. The third kappa shape index (κ3) is 2.98. The molecule has 0 fully saturated rings. The topological polar surface area (TPSA) is 81.9 Å². The summed E-state index contributed by atoms with van der Waals surface area (Å²) in [5.74, 6) is 0.684. The van der Waals surface area contributed by atoms with Crippen molar-refractivity contribution >= 4 is 17.4 Å². The summed E-state index contributed by atoms with van der Waals surface area (Å²) < 4.78 is 0. The first-order chi connectivity index (χ1) is 12.7. The van der Waals surface area contributed by atoms with Crippen molar-refractivity contribution in [3.05, 3.63) is 72.2 Å². The Labute approximate surface area is 150 Å². The first-order valence-electron chi connectivity index (χ1n) is 8.19. The number of amides is 1. The molecule has 0 saturated carbocycles. The number of fused-ring (bicyclic) bond motifs is 1. The van der Waals surface area contributed by atoms with E-state index in [0.717, 1.165) is 22.4 Å². The highest BCUT2D eigenvalue weighted by Crippen LogP contribution is 2.33. The average molecular weight is 341 g/mol. The highest BCUT2D eigenvalue weighted by atomic mass is 16.2. The Morgan fingerprint density at radius 3 is 2.62 bits per heavy atom. The van der Waals surface area contributed by atoms with E-state index in [-0.39, 0.29) is 12.5 Å². The molecule has 0 aliphatic carbocycles. The van der Waals surface area contributed by atoms with Gasteiger partial charge in [0.15, 0.2) is 5.82 Å². The molecule has 3 aromatic rings. The fourth-order valence-electron chi connectivity index (χ4n) is 2.91. The SMILES string of the molecule is N#Cc1ccc(-c2cnc3c(c2)N(Cc2ccccc2)C(=O)CN3)cn1. The molecule has 0 saturated heterocycles. The van der Waals surface area contributed by atoms with Crippen LogP contribution in [0.2, 0.25) is 0 Å². The first-order valence-corrected chi connectivity index (χ1v) is 8.19. The van der Waals surface area contributed by atoms with E-state index in [1.807, 2.05) is 48.5 Å². The van der Waals surface area contributed by atoms with Crippen LogP contribution < -0.4 is 10.2 Å². The summed E-state index contributed by atoms with van der Waals surface area (Å²) in [5.41, 5.74) is 3.85. The van der Waals surface area contributed by atoms with E-state index in [2.05, 4.69) is 15.3 Å². The van der Waals surface area contributed by atoms with E-state index in [1.54, 1.807) is 23.4 Å². The van der Waals surface area contributed by atoms with Crippen LogP contribution in [0.25, 0.3) is 11.1 Å². The van der Waals surface area contributed by atoms with Crippen molar-refractivity contribution in [1.82, 2.24) is 9.97 Å². The maximum atomic E-state index is 12.5. The van der Waals surface area contributed by atoms with Gasteiger partial charge in [0, 0.05) is 23.5 Å². The fourth-order valence-corrected chi connectivity index (χ4v) is 2.91.